The summed E-state index contributed by atoms with van der Waals surface area (Å²) < 4.78 is 14.1. The Morgan fingerprint density at radius 2 is 1.85 bits per heavy atom. The summed E-state index contributed by atoms with van der Waals surface area (Å²) >= 11 is 5.79. The molecule has 0 bridgehead atoms. The van der Waals surface area contributed by atoms with Crippen LogP contribution >= 0.6 is 11.6 Å². The summed E-state index contributed by atoms with van der Waals surface area (Å²) in [6, 6.07) is 12.2. The summed E-state index contributed by atoms with van der Waals surface area (Å²) in [5, 5.41) is 10.5. The van der Waals surface area contributed by atoms with E-state index in [1.807, 2.05) is 31.2 Å². The molecular weight excluding hydrogens is 277 g/mol. The van der Waals surface area contributed by atoms with E-state index in [1.165, 1.54) is 6.07 Å². The molecule has 2 unspecified atom stereocenters. The molecule has 2 nitrogen and oxygen atoms in total. The van der Waals surface area contributed by atoms with Crippen molar-refractivity contribution in [2.45, 2.75) is 18.9 Å². The summed E-state index contributed by atoms with van der Waals surface area (Å²) in [4.78, 5) is 0. The van der Waals surface area contributed by atoms with Gasteiger partial charge in [0.15, 0.2) is 0 Å². The molecule has 0 radical (unpaired) electrons. The molecule has 0 amide bonds. The minimum absolute atomic E-state index is 0.0389. The van der Waals surface area contributed by atoms with Crippen molar-refractivity contribution in [3.05, 3.63) is 70.0 Å². The summed E-state index contributed by atoms with van der Waals surface area (Å²) in [6.45, 7) is 2.10. The second-order valence-electron chi connectivity index (χ2n) is 4.84. The SMILES string of the molecule is Cc1ccc(C(O)C(CN)c2cccc(Cl)c2F)cc1. The number of aliphatic hydroxyl groups excluding tert-OH is 1. The lowest BCUT2D eigenvalue weighted by Crippen LogP contribution is -2.21. The number of aryl methyl sites for hydroxylation is 1. The lowest BCUT2D eigenvalue weighted by Gasteiger charge is -2.23. The molecule has 0 aliphatic rings. The molecule has 4 heteroatoms. The van der Waals surface area contributed by atoms with E-state index in [-0.39, 0.29) is 11.6 Å². The van der Waals surface area contributed by atoms with Crippen LogP contribution < -0.4 is 5.73 Å². The molecule has 20 heavy (non-hydrogen) atoms. The molecule has 0 spiro atoms. The Kier molecular flexibility index (Phi) is 4.76. The van der Waals surface area contributed by atoms with Crippen LogP contribution in [0.3, 0.4) is 0 Å². The molecule has 2 atom stereocenters. The van der Waals surface area contributed by atoms with Gasteiger partial charge in [0, 0.05) is 12.5 Å². The van der Waals surface area contributed by atoms with Gasteiger partial charge in [0.2, 0.25) is 0 Å². The van der Waals surface area contributed by atoms with Crippen LogP contribution in [0.5, 0.6) is 0 Å². The number of rotatable bonds is 4. The van der Waals surface area contributed by atoms with Crippen molar-refractivity contribution < 1.29 is 9.50 Å². The lowest BCUT2D eigenvalue weighted by molar-refractivity contribution is 0.145. The van der Waals surface area contributed by atoms with Crippen LogP contribution in [-0.2, 0) is 0 Å². The van der Waals surface area contributed by atoms with Gasteiger partial charge in [-0.3, -0.25) is 0 Å². The molecular formula is C16H17ClFNO. The molecule has 0 aromatic heterocycles. The van der Waals surface area contributed by atoms with Crippen LogP contribution in [0.1, 0.15) is 28.7 Å². The summed E-state index contributed by atoms with van der Waals surface area (Å²) in [7, 11) is 0. The van der Waals surface area contributed by atoms with Gasteiger partial charge < -0.3 is 10.8 Å². The van der Waals surface area contributed by atoms with Crippen molar-refractivity contribution in [2.75, 3.05) is 6.54 Å². The molecule has 3 N–H and O–H groups in total. The molecule has 2 aromatic carbocycles. The van der Waals surface area contributed by atoms with Crippen molar-refractivity contribution in [3.8, 4) is 0 Å². The number of nitrogens with two attached hydrogens (primary N) is 1. The molecule has 0 aliphatic carbocycles. The number of aliphatic hydroxyl groups is 1. The molecule has 0 saturated carbocycles. The molecule has 106 valence electrons. The Bertz CT molecular complexity index is 586. The Morgan fingerprint density at radius 3 is 2.45 bits per heavy atom. The maximum Gasteiger partial charge on any atom is 0.145 e. The van der Waals surface area contributed by atoms with Gasteiger partial charge in [0.1, 0.15) is 5.82 Å². The highest BCUT2D eigenvalue weighted by Gasteiger charge is 2.25. The largest absolute Gasteiger partial charge is 0.388 e. The van der Waals surface area contributed by atoms with E-state index < -0.39 is 17.8 Å². The topological polar surface area (TPSA) is 46.2 Å². The van der Waals surface area contributed by atoms with Gasteiger partial charge in [0.05, 0.1) is 11.1 Å². The monoisotopic (exact) mass is 293 g/mol. The Labute approximate surface area is 123 Å². The standard InChI is InChI=1S/C16H17ClFNO/c1-10-5-7-11(8-6-10)16(20)13(9-19)12-3-2-4-14(17)15(12)18/h2-8,13,16,20H,9,19H2,1H3. The fraction of sp³-hybridized carbons (Fsp3) is 0.250. The fourth-order valence-electron chi connectivity index (χ4n) is 2.23. The van der Waals surface area contributed by atoms with Crippen molar-refractivity contribution in [3.63, 3.8) is 0 Å². The third-order valence-corrected chi connectivity index (χ3v) is 3.73. The van der Waals surface area contributed by atoms with Crippen LogP contribution in [0.15, 0.2) is 42.5 Å². The predicted octanol–water partition coefficient (Wildman–Crippen LogP) is 3.56. The molecule has 0 aliphatic heterocycles. The number of hydrogen-bond donors (Lipinski definition) is 2. The Balaban J connectivity index is 2.36. The third kappa shape index (κ3) is 3.01. The predicted molar refractivity (Wildman–Crippen MR) is 79.3 cm³/mol. The quantitative estimate of drug-likeness (QED) is 0.905. The molecule has 0 fully saturated rings. The summed E-state index contributed by atoms with van der Waals surface area (Å²) in [5.41, 5.74) is 7.87. The molecule has 0 heterocycles. The molecule has 2 aromatic rings. The molecule has 0 saturated heterocycles. The van der Waals surface area contributed by atoms with Gasteiger partial charge in [-0.1, -0.05) is 53.6 Å². The van der Waals surface area contributed by atoms with E-state index in [0.717, 1.165) is 5.56 Å². The van der Waals surface area contributed by atoms with E-state index in [0.29, 0.717) is 11.1 Å². The fourth-order valence-corrected chi connectivity index (χ4v) is 2.41. The van der Waals surface area contributed by atoms with Crippen molar-refractivity contribution in [2.24, 2.45) is 5.73 Å². The first-order chi connectivity index (χ1) is 9.54. The second-order valence-corrected chi connectivity index (χ2v) is 5.25. The van der Waals surface area contributed by atoms with Gasteiger partial charge in [-0.05, 0) is 24.1 Å². The number of hydrogen-bond acceptors (Lipinski definition) is 2. The number of halogens is 2. The molecule has 2 rings (SSSR count). The van der Waals surface area contributed by atoms with E-state index in [9.17, 15) is 9.50 Å². The first kappa shape index (κ1) is 15.0. The first-order valence-corrected chi connectivity index (χ1v) is 6.81. The van der Waals surface area contributed by atoms with E-state index in [4.69, 9.17) is 17.3 Å². The van der Waals surface area contributed by atoms with Gasteiger partial charge in [-0.25, -0.2) is 4.39 Å². The van der Waals surface area contributed by atoms with Gasteiger partial charge in [0.25, 0.3) is 0 Å². The van der Waals surface area contributed by atoms with Crippen molar-refractivity contribution >= 4 is 11.6 Å². The maximum atomic E-state index is 14.1. The van der Waals surface area contributed by atoms with Crippen LogP contribution in [-0.4, -0.2) is 11.7 Å². The highest BCUT2D eigenvalue weighted by molar-refractivity contribution is 6.30. The van der Waals surface area contributed by atoms with Crippen LogP contribution in [0.4, 0.5) is 4.39 Å². The highest BCUT2D eigenvalue weighted by Crippen LogP contribution is 2.33. The zero-order valence-electron chi connectivity index (χ0n) is 11.2. The van der Waals surface area contributed by atoms with Crippen LogP contribution in [0.2, 0.25) is 5.02 Å². The Morgan fingerprint density at radius 1 is 1.20 bits per heavy atom. The first-order valence-electron chi connectivity index (χ1n) is 6.43. The van der Waals surface area contributed by atoms with E-state index >= 15 is 0 Å². The summed E-state index contributed by atoms with van der Waals surface area (Å²) in [6.07, 6.45) is -0.867. The zero-order chi connectivity index (χ0) is 14.7. The van der Waals surface area contributed by atoms with E-state index in [1.54, 1.807) is 12.1 Å². The van der Waals surface area contributed by atoms with Crippen molar-refractivity contribution in [1.29, 1.82) is 0 Å². The second kappa shape index (κ2) is 6.35. The lowest BCUT2D eigenvalue weighted by atomic mass is 9.88. The average Bonchev–Trinajstić information content (AvgIpc) is 2.45. The maximum absolute atomic E-state index is 14.1. The van der Waals surface area contributed by atoms with E-state index in [2.05, 4.69) is 0 Å². The van der Waals surface area contributed by atoms with Crippen molar-refractivity contribution in [1.82, 2.24) is 0 Å². The minimum atomic E-state index is -0.867. The Hall–Kier alpha value is -1.42. The normalized spacial score (nSPS) is 14.1. The third-order valence-electron chi connectivity index (χ3n) is 3.43. The average molecular weight is 294 g/mol. The number of benzene rings is 2. The summed E-state index contributed by atoms with van der Waals surface area (Å²) in [5.74, 6) is -1.05. The highest BCUT2D eigenvalue weighted by atomic mass is 35.5. The van der Waals surface area contributed by atoms with Gasteiger partial charge in [-0.2, -0.15) is 0 Å². The zero-order valence-corrected chi connectivity index (χ0v) is 11.9. The minimum Gasteiger partial charge on any atom is -0.388 e. The smallest absolute Gasteiger partial charge is 0.145 e. The van der Waals surface area contributed by atoms with Crippen LogP contribution in [0.25, 0.3) is 0 Å². The van der Waals surface area contributed by atoms with Gasteiger partial charge >= 0.3 is 0 Å². The van der Waals surface area contributed by atoms with Gasteiger partial charge in [-0.15, -0.1) is 0 Å². The van der Waals surface area contributed by atoms with Crippen LogP contribution in [0, 0.1) is 12.7 Å².